The number of anilines is 1. The molecule has 0 atom stereocenters. The molecule has 0 spiro atoms. The zero-order valence-corrected chi connectivity index (χ0v) is 9.43. The van der Waals surface area contributed by atoms with E-state index in [0.29, 0.717) is 32.4 Å². The summed E-state index contributed by atoms with van der Waals surface area (Å²) in [6.07, 6.45) is 1.48. The lowest BCUT2D eigenvalue weighted by Crippen LogP contribution is -1.94. The van der Waals surface area contributed by atoms with Crippen LogP contribution in [-0.4, -0.2) is 12.1 Å². The van der Waals surface area contributed by atoms with E-state index in [-0.39, 0.29) is 0 Å². The fraction of sp³-hybridized carbons (Fsp3) is 0.100. The first-order chi connectivity index (χ1) is 7.15. The molecule has 0 aliphatic rings. The molecule has 0 saturated heterocycles. The Balaban J connectivity index is 2.93. The van der Waals surface area contributed by atoms with E-state index >= 15 is 0 Å². The van der Waals surface area contributed by atoms with Gasteiger partial charge in [0.25, 0.3) is 0 Å². The maximum Gasteiger partial charge on any atom is 0.145 e. The van der Waals surface area contributed by atoms with Gasteiger partial charge in [0.2, 0.25) is 0 Å². The zero-order valence-electron chi connectivity index (χ0n) is 7.92. The third-order valence-electron chi connectivity index (χ3n) is 2.14. The number of rotatable bonds is 1. The molecule has 2 N–H and O–H groups in total. The molecule has 0 unspecified atom stereocenters. The van der Waals surface area contributed by atoms with Crippen LogP contribution in [0.5, 0.6) is 5.75 Å². The molecule has 78 valence electrons. The molecule has 0 bridgehead atoms. The third kappa shape index (κ3) is 1.58. The van der Waals surface area contributed by atoms with Crippen molar-refractivity contribution >= 4 is 39.8 Å². The summed E-state index contributed by atoms with van der Waals surface area (Å²) in [5.41, 5.74) is 6.87. The van der Waals surface area contributed by atoms with Gasteiger partial charge in [0.15, 0.2) is 0 Å². The highest BCUT2D eigenvalue weighted by Crippen LogP contribution is 2.36. The molecule has 0 fully saturated rings. The minimum atomic E-state index is 0.387. The highest BCUT2D eigenvalue weighted by atomic mass is 35.5. The standard InChI is InChI=1S/C10H8Cl2N2O/c1-15-7-3-2-5(11)8-9(13)6(12)4-14-10(7)8/h2-4H,1H3,(H2,13,14). The monoisotopic (exact) mass is 242 g/mol. The van der Waals surface area contributed by atoms with Crippen LogP contribution in [0, 0.1) is 0 Å². The molecular formula is C10H8Cl2N2O. The van der Waals surface area contributed by atoms with Crippen LogP contribution >= 0.6 is 23.2 Å². The number of benzene rings is 1. The molecule has 5 heteroatoms. The van der Waals surface area contributed by atoms with Crippen LogP contribution in [-0.2, 0) is 0 Å². The van der Waals surface area contributed by atoms with Crippen LogP contribution in [0.1, 0.15) is 0 Å². The molecule has 2 rings (SSSR count). The summed E-state index contributed by atoms with van der Waals surface area (Å²) < 4.78 is 5.16. The number of nitrogens with two attached hydrogens (primary N) is 1. The minimum Gasteiger partial charge on any atom is -0.494 e. The van der Waals surface area contributed by atoms with E-state index in [0.717, 1.165) is 0 Å². The molecule has 0 aliphatic heterocycles. The minimum absolute atomic E-state index is 0.387. The molecule has 1 aromatic heterocycles. The van der Waals surface area contributed by atoms with Crippen LogP contribution in [0.4, 0.5) is 5.69 Å². The van der Waals surface area contributed by atoms with E-state index < -0.39 is 0 Å². The first-order valence-corrected chi connectivity index (χ1v) is 4.97. The molecule has 1 aromatic carbocycles. The van der Waals surface area contributed by atoms with Crippen LogP contribution in [0.15, 0.2) is 18.3 Å². The SMILES string of the molecule is COc1ccc(Cl)c2c(N)c(Cl)cnc12. The Morgan fingerprint density at radius 1 is 1.27 bits per heavy atom. The molecule has 15 heavy (non-hydrogen) atoms. The normalized spacial score (nSPS) is 10.6. The second-order valence-electron chi connectivity index (χ2n) is 2.99. The number of fused-ring (bicyclic) bond motifs is 1. The Bertz CT molecular complexity index is 528. The molecule has 0 amide bonds. The summed E-state index contributed by atoms with van der Waals surface area (Å²) in [4.78, 5) is 4.15. The lowest BCUT2D eigenvalue weighted by atomic mass is 10.2. The van der Waals surface area contributed by atoms with Crippen molar-refractivity contribution in [2.75, 3.05) is 12.8 Å². The maximum absolute atomic E-state index is 6.03. The molecule has 1 heterocycles. The number of nitrogens with zero attached hydrogens (tertiary/aromatic N) is 1. The number of pyridine rings is 1. The summed E-state index contributed by atoms with van der Waals surface area (Å²) in [5, 5.41) is 1.53. The summed E-state index contributed by atoms with van der Waals surface area (Å²) in [6, 6.07) is 3.45. The average molecular weight is 243 g/mol. The maximum atomic E-state index is 6.03. The Labute approximate surface area is 96.8 Å². The largest absolute Gasteiger partial charge is 0.494 e. The van der Waals surface area contributed by atoms with Crippen LogP contribution in [0.25, 0.3) is 10.9 Å². The first-order valence-electron chi connectivity index (χ1n) is 4.21. The van der Waals surface area contributed by atoms with Gasteiger partial charge in [-0.15, -0.1) is 0 Å². The number of hydrogen-bond acceptors (Lipinski definition) is 3. The smallest absolute Gasteiger partial charge is 0.145 e. The zero-order chi connectivity index (χ0) is 11.0. The van der Waals surface area contributed by atoms with Crippen LogP contribution < -0.4 is 10.5 Å². The van der Waals surface area contributed by atoms with Crippen molar-refractivity contribution in [1.29, 1.82) is 0 Å². The average Bonchev–Trinajstić information content (AvgIpc) is 2.24. The van der Waals surface area contributed by atoms with Gasteiger partial charge in [-0.1, -0.05) is 23.2 Å². The predicted octanol–water partition coefficient (Wildman–Crippen LogP) is 3.13. The molecule has 0 saturated carbocycles. The molecule has 3 nitrogen and oxygen atoms in total. The number of aromatic nitrogens is 1. The lowest BCUT2D eigenvalue weighted by Gasteiger charge is -2.08. The van der Waals surface area contributed by atoms with Crippen molar-refractivity contribution in [3.8, 4) is 5.75 Å². The van der Waals surface area contributed by atoms with Crippen LogP contribution in [0.3, 0.4) is 0 Å². The van der Waals surface area contributed by atoms with Crippen molar-refractivity contribution in [3.05, 3.63) is 28.4 Å². The molecular weight excluding hydrogens is 235 g/mol. The number of nitrogen functional groups attached to an aromatic ring is 1. The van der Waals surface area contributed by atoms with Gasteiger partial charge in [-0.2, -0.15) is 0 Å². The van der Waals surface area contributed by atoms with Gasteiger partial charge < -0.3 is 10.5 Å². The van der Waals surface area contributed by atoms with E-state index in [4.69, 9.17) is 33.7 Å². The Morgan fingerprint density at radius 3 is 2.67 bits per heavy atom. The Morgan fingerprint density at radius 2 is 2.00 bits per heavy atom. The predicted molar refractivity (Wildman–Crippen MR) is 62.7 cm³/mol. The van der Waals surface area contributed by atoms with Gasteiger partial charge in [-0.05, 0) is 12.1 Å². The van der Waals surface area contributed by atoms with Crippen molar-refractivity contribution in [1.82, 2.24) is 4.98 Å². The first kappa shape index (κ1) is 10.3. The van der Waals surface area contributed by atoms with Crippen molar-refractivity contribution in [2.45, 2.75) is 0 Å². The van der Waals surface area contributed by atoms with E-state index in [9.17, 15) is 0 Å². The quantitative estimate of drug-likeness (QED) is 0.836. The summed E-state index contributed by atoms with van der Waals surface area (Å²) in [6.45, 7) is 0. The fourth-order valence-corrected chi connectivity index (χ4v) is 1.80. The number of hydrogen-bond donors (Lipinski definition) is 1. The lowest BCUT2D eigenvalue weighted by molar-refractivity contribution is 0.419. The summed E-state index contributed by atoms with van der Waals surface area (Å²) >= 11 is 11.9. The highest BCUT2D eigenvalue weighted by molar-refractivity contribution is 6.39. The van der Waals surface area contributed by atoms with Gasteiger partial charge in [-0.25, -0.2) is 0 Å². The molecule has 0 radical (unpaired) electrons. The van der Waals surface area contributed by atoms with Gasteiger partial charge in [0.1, 0.15) is 11.3 Å². The third-order valence-corrected chi connectivity index (χ3v) is 2.76. The highest BCUT2D eigenvalue weighted by Gasteiger charge is 2.11. The van der Waals surface area contributed by atoms with Gasteiger partial charge in [0, 0.05) is 11.6 Å². The van der Waals surface area contributed by atoms with Gasteiger partial charge in [0.05, 0.1) is 22.8 Å². The van der Waals surface area contributed by atoms with E-state index in [1.165, 1.54) is 6.20 Å². The van der Waals surface area contributed by atoms with E-state index in [1.807, 2.05) is 0 Å². The van der Waals surface area contributed by atoms with Gasteiger partial charge in [-0.3, -0.25) is 4.98 Å². The fourth-order valence-electron chi connectivity index (χ4n) is 1.41. The van der Waals surface area contributed by atoms with Crippen molar-refractivity contribution < 1.29 is 4.74 Å². The summed E-state index contributed by atoms with van der Waals surface area (Å²) in [7, 11) is 1.56. The molecule has 2 aromatic rings. The molecule has 0 aliphatic carbocycles. The topological polar surface area (TPSA) is 48.1 Å². The number of halogens is 2. The number of methoxy groups -OCH3 is 1. The van der Waals surface area contributed by atoms with Crippen LogP contribution in [0.2, 0.25) is 10.0 Å². The second kappa shape index (κ2) is 3.76. The Kier molecular flexibility index (Phi) is 2.59. The van der Waals surface area contributed by atoms with Crippen molar-refractivity contribution in [3.63, 3.8) is 0 Å². The second-order valence-corrected chi connectivity index (χ2v) is 3.81. The van der Waals surface area contributed by atoms with E-state index in [1.54, 1.807) is 19.2 Å². The van der Waals surface area contributed by atoms with Gasteiger partial charge >= 0.3 is 0 Å². The van der Waals surface area contributed by atoms with E-state index in [2.05, 4.69) is 4.98 Å². The number of ether oxygens (including phenoxy) is 1. The summed E-state index contributed by atoms with van der Waals surface area (Å²) in [5.74, 6) is 0.623. The Hall–Kier alpha value is -1.19. The van der Waals surface area contributed by atoms with Crippen molar-refractivity contribution in [2.24, 2.45) is 0 Å².